The second-order valence-electron chi connectivity index (χ2n) is 5.43. The lowest BCUT2D eigenvalue weighted by Gasteiger charge is -2.25. The lowest BCUT2D eigenvalue weighted by atomic mass is 10.2. The maximum Gasteiger partial charge on any atom is 0.267 e. The van der Waals surface area contributed by atoms with E-state index in [0.717, 1.165) is 5.56 Å². The minimum Gasteiger partial charge on any atom is -0.481 e. The summed E-state index contributed by atoms with van der Waals surface area (Å²) in [6.07, 6.45) is -0.637. The van der Waals surface area contributed by atoms with Crippen LogP contribution in [0.25, 0.3) is 0 Å². The maximum atomic E-state index is 12.7. The van der Waals surface area contributed by atoms with Gasteiger partial charge < -0.3 is 9.64 Å². The molecule has 2 aromatic rings. The van der Waals surface area contributed by atoms with Crippen molar-refractivity contribution in [2.45, 2.75) is 26.9 Å². The van der Waals surface area contributed by atoms with Gasteiger partial charge in [-0.3, -0.25) is 4.79 Å². The molecule has 0 fully saturated rings. The highest BCUT2D eigenvalue weighted by atomic mass is 35.5. The summed E-state index contributed by atoms with van der Waals surface area (Å²) in [6, 6.07) is 14.5. The first-order valence-corrected chi connectivity index (χ1v) is 8.08. The van der Waals surface area contributed by atoms with Gasteiger partial charge in [-0.1, -0.05) is 29.3 Å². The smallest absolute Gasteiger partial charge is 0.267 e. The molecule has 0 aliphatic heterocycles. The number of carbonyl (C=O) groups excluding carboxylic acids is 1. The Balaban J connectivity index is 2.17. The monoisotopic (exact) mass is 342 g/mol. The molecule has 24 heavy (non-hydrogen) atoms. The van der Waals surface area contributed by atoms with Crippen molar-refractivity contribution in [2.24, 2.45) is 0 Å². The second kappa shape index (κ2) is 7.85. The number of halogens is 1. The van der Waals surface area contributed by atoms with E-state index < -0.39 is 6.10 Å². The van der Waals surface area contributed by atoms with Crippen LogP contribution in [0, 0.1) is 18.3 Å². The predicted octanol–water partition coefficient (Wildman–Crippen LogP) is 4.34. The Morgan fingerprint density at radius 1 is 1.29 bits per heavy atom. The Morgan fingerprint density at radius 2 is 1.96 bits per heavy atom. The molecule has 0 unspecified atom stereocenters. The molecule has 0 aromatic heterocycles. The number of rotatable bonds is 5. The van der Waals surface area contributed by atoms with Crippen LogP contribution >= 0.6 is 11.6 Å². The van der Waals surface area contributed by atoms with Crippen LogP contribution in [0.3, 0.4) is 0 Å². The van der Waals surface area contributed by atoms with Gasteiger partial charge in [0.15, 0.2) is 6.10 Å². The minimum absolute atomic E-state index is 0.168. The molecule has 0 saturated carbocycles. The van der Waals surface area contributed by atoms with Crippen LogP contribution in [-0.2, 0) is 4.79 Å². The minimum atomic E-state index is -0.637. The fourth-order valence-corrected chi connectivity index (χ4v) is 2.54. The van der Waals surface area contributed by atoms with Crippen LogP contribution in [0.2, 0.25) is 5.02 Å². The fraction of sp³-hybridized carbons (Fsp3) is 0.263. The molecule has 1 atom stereocenters. The molecule has 0 heterocycles. The molecule has 0 aliphatic rings. The lowest BCUT2D eigenvalue weighted by molar-refractivity contribution is -0.124. The third kappa shape index (κ3) is 4.06. The molecule has 0 radical (unpaired) electrons. The van der Waals surface area contributed by atoms with Gasteiger partial charge in [0.05, 0.1) is 10.6 Å². The number of anilines is 1. The number of amides is 1. The largest absolute Gasteiger partial charge is 0.481 e. The zero-order valence-electron chi connectivity index (χ0n) is 13.9. The molecular weight excluding hydrogens is 324 g/mol. The zero-order chi connectivity index (χ0) is 17.7. The van der Waals surface area contributed by atoms with Crippen LogP contribution in [-0.4, -0.2) is 18.6 Å². The van der Waals surface area contributed by atoms with E-state index in [1.54, 1.807) is 30.0 Å². The summed E-state index contributed by atoms with van der Waals surface area (Å²) in [5.74, 6) is 0.481. The average Bonchev–Trinajstić information content (AvgIpc) is 2.57. The van der Waals surface area contributed by atoms with Gasteiger partial charge in [0, 0.05) is 12.2 Å². The van der Waals surface area contributed by atoms with Gasteiger partial charge in [0.25, 0.3) is 5.91 Å². The quantitative estimate of drug-likeness (QED) is 0.812. The van der Waals surface area contributed by atoms with Crippen molar-refractivity contribution in [3.63, 3.8) is 0 Å². The number of nitriles is 1. The Hall–Kier alpha value is -2.51. The van der Waals surface area contributed by atoms with E-state index in [0.29, 0.717) is 28.6 Å². The van der Waals surface area contributed by atoms with Crippen LogP contribution in [0.4, 0.5) is 5.69 Å². The van der Waals surface area contributed by atoms with E-state index >= 15 is 0 Å². The Kier molecular flexibility index (Phi) is 5.83. The summed E-state index contributed by atoms with van der Waals surface area (Å²) < 4.78 is 5.73. The first-order valence-electron chi connectivity index (χ1n) is 7.70. The molecule has 0 bridgehead atoms. The highest BCUT2D eigenvalue weighted by Crippen LogP contribution is 2.24. The average molecular weight is 343 g/mol. The van der Waals surface area contributed by atoms with Crippen molar-refractivity contribution in [3.8, 4) is 11.8 Å². The number of aryl methyl sites for hydroxylation is 1. The van der Waals surface area contributed by atoms with Crippen molar-refractivity contribution in [2.75, 3.05) is 11.4 Å². The molecule has 0 aliphatic carbocycles. The second-order valence-corrected chi connectivity index (χ2v) is 5.84. The number of ether oxygens (including phenoxy) is 1. The van der Waals surface area contributed by atoms with Crippen LogP contribution < -0.4 is 9.64 Å². The van der Waals surface area contributed by atoms with Crippen LogP contribution in [0.15, 0.2) is 42.5 Å². The highest BCUT2D eigenvalue weighted by molar-refractivity contribution is 6.32. The van der Waals surface area contributed by atoms with Crippen molar-refractivity contribution < 1.29 is 9.53 Å². The molecule has 1 amide bonds. The van der Waals surface area contributed by atoms with E-state index in [-0.39, 0.29) is 5.91 Å². The number of likely N-dealkylation sites (N-methyl/N-ethyl adjacent to an activating group) is 1. The van der Waals surface area contributed by atoms with Gasteiger partial charge in [0.2, 0.25) is 0 Å². The van der Waals surface area contributed by atoms with Crippen molar-refractivity contribution >= 4 is 23.2 Å². The summed E-state index contributed by atoms with van der Waals surface area (Å²) in [4.78, 5) is 14.3. The first kappa shape index (κ1) is 17.8. The number of carbonyl (C=O) groups is 1. The summed E-state index contributed by atoms with van der Waals surface area (Å²) in [5, 5.41) is 9.28. The van der Waals surface area contributed by atoms with Crippen molar-refractivity contribution in [1.29, 1.82) is 5.26 Å². The fourth-order valence-electron chi connectivity index (χ4n) is 2.32. The third-order valence-corrected chi connectivity index (χ3v) is 3.96. The van der Waals surface area contributed by atoms with Crippen molar-refractivity contribution in [3.05, 3.63) is 58.6 Å². The van der Waals surface area contributed by atoms with Gasteiger partial charge in [-0.25, -0.2) is 0 Å². The molecule has 2 rings (SSSR count). The molecule has 124 valence electrons. The van der Waals surface area contributed by atoms with E-state index in [1.165, 1.54) is 0 Å². The zero-order valence-corrected chi connectivity index (χ0v) is 14.7. The van der Waals surface area contributed by atoms with Gasteiger partial charge >= 0.3 is 0 Å². The molecular formula is C19H19ClN2O2. The van der Waals surface area contributed by atoms with E-state index in [1.807, 2.05) is 44.2 Å². The summed E-state index contributed by atoms with van der Waals surface area (Å²) in [5.41, 5.74) is 2.16. The Labute approximate surface area is 147 Å². The molecule has 0 saturated heterocycles. The number of nitrogens with zero attached hydrogens (tertiary/aromatic N) is 2. The highest BCUT2D eigenvalue weighted by Gasteiger charge is 2.23. The van der Waals surface area contributed by atoms with E-state index in [9.17, 15) is 4.79 Å². The summed E-state index contributed by atoms with van der Waals surface area (Å²) in [7, 11) is 0. The lowest BCUT2D eigenvalue weighted by Crippen LogP contribution is -2.40. The standard InChI is InChI=1S/C19H19ClN2O2/c1-4-22(16-8-7-15(12-21)18(20)11-16)19(23)14(3)24-17-9-5-13(2)6-10-17/h5-11,14H,4H2,1-3H3/t14-/m0/s1. The van der Waals surface area contributed by atoms with Crippen LogP contribution in [0.5, 0.6) is 5.75 Å². The molecule has 4 nitrogen and oxygen atoms in total. The van der Waals surface area contributed by atoms with E-state index in [2.05, 4.69) is 0 Å². The first-order chi connectivity index (χ1) is 11.5. The Bertz CT molecular complexity index is 766. The summed E-state index contributed by atoms with van der Waals surface area (Å²) >= 11 is 6.07. The molecule has 0 spiro atoms. The van der Waals surface area contributed by atoms with Gasteiger partial charge in [0.1, 0.15) is 11.8 Å². The van der Waals surface area contributed by atoms with Gasteiger partial charge in [-0.15, -0.1) is 0 Å². The topological polar surface area (TPSA) is 53.3 Å². The van der Waals surface area contributed by atoms with Crippen LogP contribution in [0.1, 0.15) is 25.0 Å². The van der Waals surface area contributed by atoms with Crippen molar-refractivity contribution in [1.82, 2.24) is 0 Å². The van der Waals surface area contributed by atoms with E-state index in [4.69, 9.17) is 21.6 Å². The number of hydrogen-bond donors (Lipinski definition) is 0. The van der Waals surface area contributed by atoms with Gasteiger partial charge in [-0.05, 0) is 51.1 Å². The maximum absolute atomic E-state index is 12.7. The Morgan fingerprint density at radius 3 is 2.50 bits per heavy atom. The summed E-state index contributed by atoms with van der Waals surface area (Å²) in [6.45, 7) is 6.06. The molecule has 5 heteroatoms. The number of benzene rings is 2. The number of hydrogen-bond acceptors (Lipinski definition) is 3. The SMILES string of the molecule is CCN(C(=O)[C@H](C)Oc1ccc(C)cc1)c1ccc(C#N)c(Cl)c1. The van der Waals surface area contributed by atoms with Gasteiger partial charge in [-0.2, -0.15) is 5.26 Å². The molecule has 2 aromatic carbocycles. The normalized spacial score (nSPS) is 11.5. The third-order valence-electron chi connectivity index (χ3n) is 3.65. The predicted molar refractivity (Wildman–Crippen MR) is 95.5 cm³/mol. The molecule has 0 N–H and O–H groups in total.